The zero-order chi connectivity index (χ0) is 12.8. The second-order valence-electron chi connectivity index (χ2n) is 3.56. The fraction of sp³-hybridized carbons (Fsp3) is 0.308. The average Bonchev–Trinajstić information content (AvgIpc) is 2.31. The van der Waals surface area contributed by atoms with Crippen molar-refractivity contribution in [3.8, 4) is 12.3 Å². The number of terminal acetylenes is 1. The molecule has 0 bridgehead atoms. The Morgan fingerprint density at radius 3 is 2.65 bits per heavy atom. The summed E-state index contributed by atoms with van der Waals surface area (Å²) in [7, 11) is 0. The highest BCUT2D eigenvalue weighted by Gasteiger charge is 2.15. The van der Waals surface area contributed by atoms with Crippen molar-refractivity contribution in [2.75, 3.05) is 13.1 Å². The molecule has 0 saturated carbocycles. The first kappa shape index (κ1) is 13.2. The summed E-state index contributed by atoms with van der Waals surface area (Å²) in [6.07, 6.45) is 5.90. The Kier molecular flexibility index (Phi) is 4.65. The van der Waals surface area contributed by atoms with Crippen LogP contribution in [0.3, 0.4) is 0 Å². The van der Waals surface area contributed by atoms with E-state index in [1.54, 1.807) is 0 Å². The maximum atomic E-state index is 13.0. The second-order valence-corrected chi connectivity index (χ2v) is 3.56. The Balaban J connectivity index is 2.93. The monoisotopic (exact) mass is 237 g/mol. The Labute approximate surface area is 99.2 Å². The molecule has 0 saturated heterocycles. The summed E-state index contributed by atoms with van der Waals surface area (Å²) >= 11 is 0. The van der Waals surface area contributed by atoms with Gasteiger partial charge in [0.15, 0.2) is 11.6 Å². The maximum absolute atomic E-state index is 13.0. The van der Waals surface area contributed by atoms with Gasteiger partial charge in [-0.15, -0.1) is 6.42 Å². The molecular formula is C13H13F2NO. The lowest BCUT2D eigenvalue weighted by Crippen LogP contribution is -2.32. The lowest BCUT2D eigenvalue weighted by Gasteiger charge is -2.19. The first-order valence-corrected chi connectivity index (χ1v) is 5.28. The summed E-state index contributed by atoms with van der Waals surface area (Å²) in [4.78, 5) is 13.4. The lowest BCUT2D eigenvalue weighted by atomic mass is 10.2. The molecule has 17 heavy (non-hydrogen) atoms. The smallest absolute Gasteiger partial charge is 0.254 e. The van der Waals surface area contributed by atoms with Gasteiger partial charge in [-0.05, 0) is 24.6 Å². The van der Waals surface area contributed by atoms with Gasteiger partial charge in [0.05, 0.1) is 6.54 Å². The van der Waals surface area contributed by atoms with Crippen molar-refractivity contribution in [3.63, 3.8) is 0 Å². The quantitative estimate of drug-likeness (QED) is 0.736. The van der Waals surface area contributed by atoms with Crippen molar-refractivity contribution < 1.29 is 13.6 Å². The Morgan fingerprint density at radius 2 is 2.12 bits per heavy atom. The summed E-state index contributed by atoms with van der Waals surface area (Å²) in [6.45, 7) is 2.55. The molecule has 0 unspecified atom stereocenters. The van der Waals surface area contributed by atoms with E-state index >= 15 is 0 Å². The molecule has 0 N–H and O–H groups in total. The van der Waals surface area contributed by atoms with Gasteiger partial charge in [-0.2, -0.15) is 0 Å². The summed E-state index contributed by atoms with van der Waals surface area (Å²) in [5.41, 5.74) is 0.104. The molecule has 90 valence electrons. The molecule has 0 radical (unpaired) electrons. The molecule has 1 rings (SSSR count). The van der Waals surface area contributed by atoms with Crippen LogP contribution in [0.25, 0.3) is 0 Å². The van der Waals surface area contributed by atoms with Crippen molar-refractivity contribution in [2.45, 2.75) is 13.3 Å². The largest absolute Gasteiger partial charge is 0.328 e. The van der Waals surface area contributed by atoms with Crippen LogP contribution >= 0.6 is 0 Å². The van der Waals surface area contributed by atoms with Crippen LogP contribution in [0.2, 0.25) is 0 Å². The molecular weight excluding hydrogens is 224 g/mol. The van der Waals surface area contributed by atoms with Gasteiger partial charge in [0, 0.05) is 12.1 Å². The van der Waals surface area contributed by atoms with Crippen LogP contribution in [0.4, 0.5) is 8.78 Å². The topological polar surface area (TPSA) is 20.3 Å². The number of rotatable bonds is 4. The minimum atomic E-state index is -1.03. The fourth-order valence-electron chi connectivity index (χ4n) is 1.44. The fourth-order valence-corrected chi connectivity index (χ4v) is 1.44. The number of nitrogens with zero attached hydrogens (tertiary/aromatic N) is 1. The van der Waals surface area contributed by atoms with E-state index in [4.69, 9.17) is 6.42 Å². The van der Waals surface area contributed by atoms with E-state index in [-0.39, 0.29) is 18.0 Å². The highest BCUT2D eigenvalue weighted by molar-refractivity contribution is 5.94. The van der Waals surface area contributed by atoms with E-state index in [9.17, 15) is 13.6 Å². The Bertz CT molecular complexity index is 451. The molecule has 0 atom stereocenters. The van der Waals surface area contributed by atoms with Crippen LogP contribution in [0.1, 0.15) is 23.7 Å². The first-order chi connectivity index (χ1) is 8.10. The van der Waals surface area contributed by atoms with Gasteiger partial charge >= 0.3 is 0 Å². The molecule has 1 aromatic rings. The summed E-state index contributed by atoms with van der Waals surface area (Å²) < 4.78 is 25.7. The number of carbonyl (C=O) groups is 1. The molecule has 0 fully saturated rings. The van der Waals surface area contributed by atoms with Crippen LogP contribution in [0, 0.1) is 24.0 Å². The van der Waals surface area contributed by atoms with Crippen LogP contribution in [-0.4, -0.2) is 23.9 Å². The van der Waals surface area contributed by atoms with Crippen LogP contribution in [0.15, 0.2) is 18.2 Å². The third-order valence-electron chi connectivity index (χ3n) is 2.23. The van der Waals surface area contributed by atoms with Crippen molar-refractivity contribution >= 4 is 5.91 Å². The standard InChI is InChI=1S/C13H13F2NO/c1-3-7-16(8-4-2)13(17)10-5-6-11(14)12(15)9-10/h1,5-6,9H,4,7-8H2,2H3. The zero-order valence-electron chi connectivity index (χ0n) is 9.54. The van der Waals surface area contributed by atoms with E-state index in [1.165, 1.54) is 11.0 Å². The Hall–Kier alpha value is -1.89. The summed E-state index contributed by atoms with van der Waals surface area (Å²) in [5, 5.41) is 0. The molecule has 1 aromatic carbocycles. The number of halogens is 2. The molecule has 0 heterocycles. The minimum Gasteiger partial charge on any atom is -0.328 e. The van der Waals surface area contributed by atoms with Crippen molar-refractivity contribution in [1.29, 1.82) is 0 Å². The van der Waals surface area contributed by atoms with Gasteiger partial charge < -0.3 is 4.90 Å². The number of carbonyl (C=O) groups excluding carboxylic acids is 1. The number of benzene rings is 1. The predicted octanol–water partition coefficient (Wildman–Crippen LogP) is 2.45. The van der Waals surface area contributed by atoms with E-state index < -0.39 is 11.6 Å². The van der Waals surface area contributed by atoms with E-state index in [1.807, 2.05) is 6.92 Å². The first-order valence-electron chi connectivity index (χ1n) is 5.28. The molecule has 0 aromatic heterocycles. The highest BCUT2D eigenvalue weighted by Crippen LogP contribution is 2.11. The number of hydrogen-bond donors (Lipinski definition) is 0. The third-order valence-corrected chi connectivity index (χ3v) is 2.23. The van der Waals surface area contributed by atoms with E-state index in [0.717, 1.165) is 18.6 Å². The van der Waals surface area contributed by atoms with Crippen LogP contribution in [0.5, 0.6) is 0 Å². The molecule has 0 aliphatic rings. The van der Waals surface area contributed by atoms with Crippen molar-refractivity contribution in [2.24, 2.45) is 0 Å². The molecule has 0 aliphatic carbocycles. The highest BCUT2D eigenvalue weighted by atomic mass is 19.2. The maximum Gasteiger partial charge on any atom is 0.254 e. The van der Waals surface area contributed by atoms with Crippen LogP contribution < -0.4 is 0 Å². The molecule has 0 spiro atoms. The second kappa shape index (κ2) is 6.00. The van der Waals surface area contributed by atoms with Gasteiger partial charge in [0.1, 0.15) is 0 Å². The van der Waals surface area contributed by atoms with Crippen molar-refractivity contribution in [1.82, 2.24) is 4.90 Å². The molecule has 2 nitrogen and oxygen atoms in total. The minimum absolute atomic E-state index is 0.104. The average molecular weight is 237 g/mol. The summed E-state index contributed by atoms with van der Waals surface area (Å²) in [5.74, 6) is -0.0249. The molecule has 0 aliphatic heterocycles. The SMILES string of the molecule is C#CCN(CCC)C(=O)c1ccc(F)c(F)c1. The number of hydrogen-bond acceptors (Lipinski definition) is 1. The van der Waals surface area contributed by atoms with Gasteiger partial charge in [0.2, 0.25) is 0 Å². The van der Waals surface area contributed by atoms with Crippen molar-refractivity contribution in [3.05, 3.63) is 35.4 Å². The number of amides is 1. The lowest BCUT2D eigenvalue weighted by molar-refractivity contribution is 0.0776. The summed E-state index contributed by atoms with van der Waals surface area (Å²) in [6, 6.07) is 3.07. The zero-order valence-corrected chi connectivity index (χ0v) is 9.54. The van der Waals surface area contributed by atoms with Gasteiger partial charge in [0.25, 0.3) is 5.91 Å². The molecule has 1 amide bonds. The van der Waals surface area contributed by atoms with Gasteiger partial charge in [-0.25, -0.2) is 8.78 Å². The normalized spacial score (nSPS) is 9.76. The third kappa shape index (κ3) is 3.28. The van der Waals surface area contributed by atoms with E-state index in [0.29, 0.717) is 6.54 Å². The predicted molar refractivity (Wildman–Crippen MR) is 61.4 cm³/mol. The van der Waals surface area contributed by atoms with Gasteiger partial charge in [-0.3, -0.25) is 4.79 Å². The van der Waals surface area contributed by atoms with E-state index in [2.05, 4.69) is 5.92 Å². The van der Waals surface area contributed by atoms with Gasteiger partial charge in [-0.1, -0.05) is 12.8 Å². The molecule has 4 heteroatoms. The Morgan fingerprint density at radius 1 is 1.41 bits per heavy atom. The van der Waals surface area contributed by atoms with Crippen LogP contribution in [-0.2, 0) is 0 Å².